The van der Waals surface area contributed by atoms with Crippen LogP contribution in [0.5, 0.6) is 5.75 Å². The monoisotopic (exact) mass is 328 g/mol. The molecule has 2 rings (SSSR count). The molecule has 3 N–H and O–H groups in total. The van der Waals surface area contributed by atoms with Crippen molar-refractivity contribution in [2.45, 2.75) is 26.2 Å². The maximum Gasteiger partial charge on any atom is 0.224 e. The predicted octanol–water partition coefficient (Wildman–Crippen LogP) is 1.98. The van der Waals surface area contributed by atoms with Crippen molar-refractivity contribution in [1.82, 2.24) is 5.32 Å². The second kappa shape index (κ2) is 9.66. The van der Waals surface area contributed by atoms with E-state index in [-0.39, 0.29) is 30.8 Å². The van der Waals surface area contributed by atoms with Crippen LogP contribution in [0.25, 0.3) is 0 Å². The lowest BCUT2D eigenvalue weighted by atomic mass is 10.0. The Morgan fingerprint density at radius 3 is 3.00 bits per heavy atom. The van der Waals surface area contributed by atoms with Crippen LogP contribution >= 0.6 is 12.4 Å². The lowest BCUT2D eigenvalue weighted by Gasteiger charge is -2.20. The first-order valence-corrected chi connectivity index (χ1v) is 7.57. The van der Waals surface area contributed by atoms with E-state index in [1.54, 1.807) is 0 Å². The zero-order valence-corrected chi connectivity index (χ0v) is 13.7. The SMILES string of the molecule is CC(CO)CNCCCOc1cccc2c1CCC(=O)N2.Cl. The lowest BCUT2D eigenvalue weighted by molar-refractivity contribution is -0.116. The Kier molecular flexibility index (Phi) is 8.24. The summed E-state index contributed by atoms with van der Waals surface area (Å²) in [6.45, 7) is 4.56. The van der Waals surface area contributed by atoms with Gasteiger partial charge in [-0.15, -0.1) is 12.4 Å². The van der Waals surface area contributed by atoms with Crippen molar-refractivity contribution in [1.29, 1.82) is 0 Å². The van der Waals surface area contributed by atoms with Crippen molar-refractivity contribution in [3.05, 3.63) is 23.8 Å². The van der Waals surface area contributed by atoms with Gasteiger partial charge in [0.1, 0.15) is 5.75 Å². The number of hydrogen-bond donors (Lipinski definition) is 3. The van der Waals surface area contributed by atoms with Crippen LogP contribution in [0.1, 0.15) is 25.3 Å². The second-order valence-electron chi connectivity index (χ2n) is 5.52. The molecule has 1 unspecified atom stereocenters. The molecule has 1 aromatic rings. The fourth-order valence-electron chi connectivity index (χ4n) is 2.32. The second-order valence-corrected chi connectivity index (χ2v) is 5.52. The van der Waals surface area contributed by atoms with Gasteiger partial charge in [-0.2, -0.15) is 0 Å². The molecule has 0 spiro atoms. The number of anilines is 1. The van der Waals surface area contributed by atoms with Crippen LogP contribution in [0.2, 0.25) is 0 Å². The van der Waals surface area contributed by atoms with Crippen molar-refractivity contribution in [2.24, 2.45) is 5.92 Å². The molecule has 5 nitrogen and oxygen atoms in total. The molecule has 0 radical (unpaired) electrons. The van der Waals surface area contributed by atoms with Gasteiger partial charge in [-0.1, -0.05) is 13.0 Å². The minimum atomic E-state index is 0. The van der Waals surface area contributed by atoms with Gasteiger partial charge >= 0.3 is 0 Å². The zero-order valence-electron chi connectivity index (χ0n) is 12.9. The van der Waals surface area contributed by atoms with E-state index in [0.29, 0.717) is 13.0 Å². The first-order valence-electron chi connectivity index (χ1n) is 7.57. The molecule has 6 heteroatoms. The maximum absolute atomic E-state index is 11.4. The predicted molar refractivity (Wildman–Crippen MR) is 89.9 cm³/mol. The van der Waals surface area contributed by atoms with Crippen LogP contribution in [0.4, 0.5) is 5.69 Å². The Bertz CT molecular complexity index is 482. The van der Waals surface area contributed by atoms with Crippen molar-refractivity contribution in [2.75, 3.05) is 31.6 Å². The fraction of sp³-hybridized carbons (Fsp3) is 0.562. The minimum Gasteiger partial charge on any atom is -0.493 e. The highest BCUT2D eigenvalue weighted by atomic mass is 35.5. The van der Waals surface area contributed by atoms with Crippen LogP contribution in [-0.4, -0.2) is 37.3 Å². The van der Waals surface area contributed by atoms with Crippen molar-refractivity contribution in [3.63, 3.8) is 0 Å². The number of carbonyl (C=O) groups is 1. The van der Waals surface area contributed by atoms with Gasteiger partial charge in [0, 0.05) is 24.3 Å². The van der Waals surface area contributed by atoms with E-state index in [2.05, 4.69) is 10.6 Å². The summed E-state index contributed by atoms with van der Waals surface area (Å²) in [6, 6.07) is 5.77. The van der Waals surface area contributed by atoms with Crippen LogP contribution < -0.4 is 15.4 Å². The van der Waals surface area contributed by atoms with E-state index in [0.717, 1.165) is 42.9 Å². The van der Waals surface area contributed by atoms with Gasteiger partial charge in [0.25, 0.3) is 0 Å². The number of halogens is 1. The van der Waals surface area contributed by atoms with Crippen molar-refractivity contribution in [3.8, 4) is 5.75 Å². The molecule has 1 aliphatic heterocycles. The Balaban J connectivity index is 0.00000242. The summed E-state index contributed by atoms with van der Waals surface area (Å²) in [6.07, 6.45) is 2.17. The third-order valence-corrected chi connectivity index (χ3v) is 3.57. The van der Waals surface area contributed by atoms with E-state index < -0.39 is 0 Å². The van der Waals surface area contributed by atoms with Crippen LogP contribution in [0, 0.1) is 5.92 Å². The highest BCUT2D eigenvalue weighted by Crippen LogP contribution is 2.30. The number of carbonyl (C=O) groups excluding carboxylic acids is 1. The number of benzene rings is 1. The molecule has 124 valence electrons. The molecule has 0 saturated heterocycles. The smallest absolute Gasteiger partial charge is 0.224 e. The van der Waals surface area contributed by atoms with Crippen LogP contribution in [0.3, 0.4) is 0 Å². The van der Waals surface area contributed by atoms with E-state index >= 15 is 0 Å². The number of rotatable bonds is 8. The fourth-order valence-corrected chi connectivity index (χ4v) is 2.32. The maximum atomic E-state index is 11.4. The number of fused-ring (bicyclic) bond motifs is 1. The van der Waals surface area contributed by atoms with Gasteiger partial charge in [-0.3, -0.25) is 4.79 Å². The number of aliphatic hydroxyl groups excluding tert-OH is 1. The van der Waals surface area contributed by atoms with E-state index in [9.17, 15) is 4.79 Å². The molecule has 1 aromatic carbocycles. The Morgan fingerprint density at radius 2 is 2.23 bits per heavy atom. The van der Waals surface area contributed by atoms with Crippen LogP contribution in [0.15, 0.2) is 18.2 Å². The minimum absolute atomic E-state index is 0. The summed E-state index contributed by atoms with van der Waals surface area (Å²) in [5.41, 5.74) is 1.97. The molecule has 0 fully saturated rings. The average molecular weight is 329 g/mol. The number of ether oxygens (including phenoxy) is 1. The Labute approximate surface area is 137 Å². The largest absolute Gasteiger partial charge is 0.493 e. The molecular weight excluding hydrogens is 304 g/mol. The zero-order chi connectivity index (χ0) is 15.1. The van der Waals surface area contributed by atoms with Gasteiger partial charge in [-0.05, 0) is 44.0 Å². The normalized spacial score (nSPS) is 14.5. The first-order chi connectivity index (χ1) is 10.2. The number of nitrogens with one attached hydrogen (secondary N) is 2. The third kappa shape index (κ3) is 5.48. The highest BCUT2D eigenvalue weighted by Gasteiger charge is 2.17. The Morgan fingerprint density at radius 1 is 1.41 bits per heavy atom. The molecule has 0 saturated carbocycles. The Hall–Kier alpha value is -1.30. The molecule has 1 heterocycles. The van der Waals surface area contributed by atoms with Gasteiger partial charge in [0.05, 0.1) is 6.61 Å². The van der Waals surface area contributed by atoms with Gasteiger partial charge in [0.15, 0.2) is 0 Å². The molecule has 0 aliphatic carbocycles. The summed E-state index contributed by atoms with van der Waals surface area (Å²) >= 11 is 0. The molecule has 0 aromatic heterocycles. The summed E-state index contributed by atoms with van der Waals surface area (Å²) < 4.78 is 5.83. The summed E-state index contributed by atoms with van der Waals surface area (Å²) in [5.74, 6) is 1.23. The molecule has 0 bridgehead atoms. The van der Waals surface area contributed by atoms with Crippen molar-refractivity contribution >= 4 is 24.0 Å². The molecule has 22 heavy (non-hydrogen) atoms. The summed E-state index contributed by atoms with van der Waals surface area (Å²) in [7, 11) is 0. The van der Waals surface area contributed by atoms with Crippen LogP contribution in [-0.2, 0) is 11.2 Å². The first kappa shape index (κ1) is 18.7. The number of amides is 1. The topological polar surface area (TPSA) is 70.6 Å². The average Bonchev–Trinajstić information content (AvgIpc) is 2.50. The molecular formula is C16H25ClN2O3. The standard InChI is InChI=1S/C16H24N2O3.ClH/c1-12(11-19)10-17-8-3-9-21-15-5-2-4-14-13(15)6-7-16(20)18-14;/h2,4-5,12,17,19H,3,6-11H2,1H3,(H,18,20);1H. The van der Waals surface area contributed by atoms with Gasteiger partial charge in [-0.25, -0.2) is 0 Å². The lowest BCUT2D eigenvalue weighted by Crippen LogP contribution is -2.25. The van der Waals surface area contributed by atoms with Gasteiger partial charge in [0.2, 0.25) is 5.91 Å². The molecule has 1 atom stereocenters. The quantitative estimate of drug-likeness (QED) is 0.638. The molecule has 1 amide bonds. The van der Waals surface area contributed by atoms with E-state index in [1.807, 2.05) is 25.1 Å². The number of aliphatic hydroxyl groups is 1. The summed E-state index contributed by atoms with van der Waals surface area (Å²) in [5, 5.41) is 15.1. The third-order valence-electron chi connectivity index (χ3n) is 3.57. The highest BCUT2D eigenvalue weighted by molar-refractivity contribution is 5.94. The summed E-state index contributed by atoms with van der Waals surface area (Å²) in [4.78, 5) is 11.4. The molecule has 1 aliphatic rings. The van der Waals surface area contributed by atoms with E-state index in [1.165, 1.54) is 0 Å². The van der Waals surface area contributed by atoms with E-state index in [4.69, 9.17) is 9.84 Å². The number of hydrogen-bond acceptors (Lipinski definition) is 4. The van der Waals surface area contributed by atoms with Gasteiger partial charge < -0.3 is 20.5 Å². The van der Waals surface area contributed by atoms with Crippen molar-refractivity contribution < 1.29 is 14.6 Å².